The minimum Gasteiger partial charge on any atom is -0.322 e. The van der Waals surface area contributed by atoms with Crippen molar-refractivity contribution in [3.05, 3.63) is 119 Å². The van der Waals surface area contributed by atoms with E-state index in [1.165, 1.54) is 12.3 Å². The van der Waals surface area contributed by atoms with Gasteiger partial charge in [0.2, 0.25) is 0 Å². The van der Waals surface area contributed by atoms with Gasteiger partial charge in [-0.15, -0.1) is 0 Å². The maximum absolute atomic E-state index is 13.3. The van der Waals surface area contributed by atoms with E-state index in [4.69, 9.17) is 11.6 Å². The van der Waals surface area contributed by atoms with Gasteiger partial charge in [-0.2, -0.15) is 5.10 Å². The number of nitrogens with zero attached hydrogens (tertiary/aromatic N) is 4. The van der Waals surface area contributed by atoms with Crippen LogP contribution in [0.5, 0.6) is 0 Å². The van der Waals surface area contributed by atoms with Gasteiger partial charge in [0.15, 0.2) is 5.78 Å². The Kier molecular flexibility index (Phi) is 6.15. The standard InChI is InChI=1S/C27H18ClN5O2/c28-25-16-20(9-12-30-25)27(35)32-23-6-3-4-18(14-23)26(34)19-7-8-21-17-31-33(24(21)15-19)13-10-22-5-1-2-11-29-22/h1-17H,(H,32,35). The molecule has 3 aromatic heterocycles. The molecule has 8 heteroatoms. The normalized spacial score (nSPS) is 11.1. The summed E-state index contributed by atoms with van der Waals surface area (Å²) >= 11 is 5.87. The zero-order valence-electron chi connectivity index (χ0n) is 18.3. The number of aromatic nitrogens is 4. The summed E-state index contributed by atoms with van der Waals surface area (Å²) in [5.74, 6) is -0.514. The number of hydrogen-bond acceptors (Lipinski definition) is 5. The maximum Gasteiger partial charge on any atom is 0.255 e. The molecular weight excluding hydrogens is 462 g/mol. The highest BCUT2D eigenvalue weighted by Gasteiger charge is 2.13. The van der Waals surface area contributed by atoms with Gasteiger partial charge >= 0.3 is 0 Å². The molecular formula is C27H18ClN5O2. The average Bonchev–Trinajstić information content (AvgIpc) is 3.30. The van der Waals surface area contributed by atoms with Crippen molar-refractivity contribution in [2.24, 2.45) is 0 Å². The molecule has 0 saturated carbocycles. The van der Waals surface area contributed by atoms with E-state index in [-0.39, 0.29) is 16.8 Å². The second kappa shape index (κ2) is 9.70. The molecule has 0 unspecified atom stereocenters. The first-order valence-corrected chi connectivity index (χ1v) is 11.1. The molecule has 0 spiro atoms. The zero-order chi connectivity index (χ0) is 24.2. The Morgan fingerprint density at radius 1 is 0.857 bits per heavy atom. The summed E-state index contributed by atoms with van der Waals surface area (Å²) in [5.41, 5.74) is 3.43. The summed E-state index contributed by atoms with van der Waals surface area (Å²) in [6.45, 7) is 0. The first-order chi connectivity index (χ1) is 17.1. The van der Waals surface area contributed by atoms with Gasteiger partial charge in [-0.05, 0) is 48.5 Å². The van der Waals surface area contributed by atoms with Crippen molar-refractivity contribution in [1.29, 1.82) is 0 Å². The SMILES string of the molecule is O=C(Nc1cccc(C(=O)c2ccc3cnn(C=Cc4ccccn4)c3c2)c1)c1ccnc(Cl)c1. The number of amides is 1. The lowest BCUT2D eigenvalue weighted by Gasteiger charge is -2.08. The van der Waals surface area contributed by atoms with Gasteiger partial charge in [-0.3, -0.25) is 14.6 Å². The van der Waals surface area contributed by atoms with Crippen molar-refractivity contribution in [2.45, 2.75) is 0 Å². The Hall–Kier alpha value is -4.62. The van der Waals surface area contributed by atoms with Gasteiger partial charge in [0, 0.05) is 46.4 Å². The van der Waals surface area contributed by atoms with Crippen molar-refractivity contribution in [1.82, 2.24) is 19.7 Å². The van der Waals surface area contributed by atoms with E-state index in [2.05, 4.69) is 20.4 Å². The number of halogens is 1. The topological polar surface area (TPSA) is 89.8 Å². The molecule has 5 rings (SSSR count). The number of carbonyl (C=O) groups excluding carboxylic acids is 2. The lowest BCUT2D eigenvalue weighted by atomic mass is 10.0. The third kappa shape index (κ3) is 5.00. The molecule has 5 aromatic rings. The van der Waals surface area contributed by atoms with E-state index in [1.807, 2.05) is 30.3 Å². The molecule has 7 nitrogen and oxygen atoms in total. The highest BCUT2D eigenvalue weighted by Crippen LogP contribution is 2.21. The van der Waals surface area contributed by atoms with Crippen molar-refractivity contribution in [2.75, 3.05) is 5.32 Å². The van der Waals surface area contributed by atoms with Crippen molar-refractivity contribution < 1.29 is 9.59 Å². The van der Waals surface area contributed by atoms with Crippen LogP contribution in [0.1, 0.15) is 32.0 Å². The number of benzene rings is 2. The lowest BCUT2D eigenvalue weighted by molar-refractivity contribution is 0.102. The minimum atomic E-state index is -0.344. The molecule has 0 saturated heterocycles. The molecule has 0 aliphatic heterocycles. The fraction of sp³-hybridized carbons (Fsp3) is 0. The van der Waals surface area contributed by atoms with Crippen LogP contribution < -0.4 is 5.32 Å². The molecule has 170 valence electrons. The van der Waals surface area contributed by atoms with Gasteiger partial charge in [0.1, 0.15) is 5.15 Å². The van der Waals surface area contributed by atoms with Gasteiger partial charge in [0.25, 0.3) is 5.91 Å². The summed E-state index contributed by atoms with van der Waals surface area (Å²) in [5, 5.41) is 8.32. The fourth-order valence-electron chi connectivity index (χ4n) is 3.57. The number of ketones is 1. The monoisotopic (exact) mass is 479 g/mol. The predicted molar refractivity (Wildman–Crippen MR) is 136 cm³/mol. The van der Waals surface area contributed by atoms with Crippen LogP contribution >= 0.6 is 11.6 Å². The first-order valence-electron chi connectivity index (χ1n) is 10.7. The fourth-order valence-corrected chi connectivity index (χ4v) is 3.75. The van der Waals surface area contributed by atoms with Gasteiger partial charge in [-0.1, -0.05) is 41.9 Å². The van der Waals surface area contributed by atoms with E-state index in [0.29, 0.717) is 22.4 Å². The van der Waals surface area contributed by atoms with Crippen molar-refractivity contribution >= 4 is 52.2 Å². The number of carbonyl (C=O) groups is 2. The molecule has 0 aliphatic rings. The second-order valence-electron chi connectivity index (χ2n) is 7.66. The summed E-state index contributed by atoms with van der Waals surface area (Å²) in [6, 6.07) is 20.9. The molecule has 0 aliphatic carbocycles. The van der Waals surface area contributed by atoms with Crippen LogP contribution in [0.25, 0.3) is 23.2 Å². The third-order valence-electron chi connectivity index (χ3n) is 5.31. The molecule has 35 heavy (non-hydrogen) atoms. The highest BCUT2D eigenvalue weighted by atomic mass is 35.5. The molecule has 0 atom stereocenters. The number of anilines is 1. The molecule has 3 heterocycles. The largest absolute Gasteiger partial charge is 0.322 e. The number of nitrogens with one attached hydrogen (secondary N) is 1. The highest BCUT2D eigenvalue weighted by molar-refractivity contribution is 6.29. The first kappa shape index (κ1) is 22.2. The van der Waals surface area contributed by atoms with E-state index in [1.54, 1.807) is 65.7 Å². The molecule has 0 fully saturated rings. The Morgan fingerprint density at radius 2 is 1.74 bits per heavy atom. The average molecular weight is 480 g/mol. The number of fused-ring (bicyclic) bond motifs is 1. The predicted octanol–water partition coefficient (Wildman–Crippen LogP) is 5.59. The Morgan fingerprint density at radius 3 is 2.57 bits per heavy atom. The quantitative estimate of drug-likeness (QED) is 0.253. The van der Waals surface area contributed by atoms with Crippen molar-refractivity contribution in [3.63, 3.8) is 0 Å². The summed E-state index contributed by atoms with van der Waals surface area (Å²) in [4.78, 5) is 33.9. The van der Waals surface area contributed by atoms with E-state index >= 15 is 0 Å². The molecule has 1 amide bonds. The summed E-state index contributed by atoms with van der Waals surface area (Å²) in [6.07, 6.45) is 8.58. The molecule has 2 aromatic carbocycles. The van der Waals surface area contributed by atoms with E-state index in [0.717, 1.165) is 16.6 Å². The Labute approximate surface area is 205 Å². The van der Waals surface area contributed by atoms with E-state index in [9.17, 15) is 9.59 Å². The number of pyridine rings is 2. The van der Waals surface area contributed by atoms with Gasteiger partial charge < -0.3 is 5.32 Å². The Balaban J connectivity index is 1.39. The zero-order valence-corrected chi connectivity index (χ0v) is 19.1. The van der Waals surface area contributed by atoms with Crippen LogP contribution in [-0.4, -0.2) is 31.4 Å². The second-order valence-corrected chi connectivity index (χ2v) is 8.05. The van der Waals surface area contributed by atoms with Gasteiger partial charge in [-0.25, -0.2) is 9.67 Å². The van der Waals surface area contributed by atoms with E-state index < -0.39 is 0 Å². The van der Waals surface area contributed by atoms with Crippen LogP contribution in [0.15, 0.2) is 91.4 Å². The number of rotatable bonds is 6. The maximum atomic E-state index is 13.3. The van der Waals surface area contributed by atoms with Crippen LogP contribution in [-0.2, 0) is 0 Å². The van der Waals surface area contributed by atoms with Crippen LogP contribution in [0.2, 0.25) is 5.15 Å². The van der Waals surface area contributed by atoms with Crippen LogP contribution in [0, 0.1) is 0 Å². The summed E-state index contributed by atoms with van der Waals surface area (Å²) in [7, 11) is 0. The molecule has 0 bridgehead atoms. The lowest BCUT2D eigenvalue weighted by Crippen LogP contribution is -2.12. The smallest absolute Gasteiger partial charge is 0.255 e. The van der Waals surface area contributed by atoms with Crippen LogP contribution in [0.4, 0.5) is 5.69 Å². The minimum absolute atomic E-state index is 0.170. The third-order valence-corrected chi connectivity index (χ3v) is 5.51. The molecule has 1 N–H and O–H groups in total. The molecule has 0 radical (unpaired) electrons. The van der Waals surface area contributed by atoms with Gasteiger partial charge in [0.05, 0.1) is 17.4 Å². The van der Waals surface area contributed by atoms with Crippen molar-refractivity contribution in [3.8, 4) is 0 Å². The van der Waals surface area contributed by atoms with Crippen LogP contribution in [0.3, 0.4) is 0 Å². The Bertz CT molecular complexity index is 1580. The number of hydrogen-bond donors (Lipinski definition) is 1. The summed E-state index contributed by atoms with van der Waals surface area (Å²) < 4.78 is 1.71.